The van der Waals surface area contributed by atoms with E-state index in [4.69, 9.17) is 4.74 Å². The number of hydrogen-bond donors (Lipinski definition) is 1. The van der Waals surface area contributed by atoms with Crippen LogP contribution in [0.1, 0.15) is 26.4 Å². The first kappa shape index (κ1) is 19.6. The van der Waals surface area contributed by atoms with Gasteiger partial charge in [-0.2, -0.15) is 0 Å². The van der Waals surface area contributed by atoms with Crippen LogP contribution in [-0.2, 0) is 6.54 Å². The molecule has 3 rings (SSSR count). The zero-order valence-corrected chi connectivity index (χ0v) is 16.7. The van der Waals surface area contributed by atoms with Gasteiger partial charge in [-0.25, -0.2) is 4.98 Å². The maximum absolute atomic E-state index is 12.7. The quantitative estimate of drug-likeness (QED) is 0.694. The minimum Gasteiger partial charge on any atom is -0.497 e. The third kappa shape index (κ3) is 4.37. The van der Waals surface area contributed by atoms with Crippen molar-refractivity contribution < 1.29 is 14.3 Å². The van der Waals surface area contributed by atoms with Gasteiger partial charge >= 0.3 is 0 Å². The van der Waals surface area contributed by atoms with Crippen molar-refractivity contribution in [1.29, 1.82) is 0 Å². The molecule has 6 nitrogen and oxygen atoms in total. The molecule has 0 saturated heterocycles. The van der Waals surface area contributed by atoms with Gasteiger partial charge < -0.3 is 15.0 Å². The second-order valence-corrected chi connectivity index (χ2v) is 7.06. The number of ether oxygens (including phenoxy) is 1. The van der Waals surface area contributed by atoms with Gasteiger partial charge in [0.2, 0.25) is 0 Å². The van der Waals surface area contributed by atoms with Gasteiger partial charge in [0.1, 0.15) is 16.5 Å². The third-order valence-corrected chi connectivity index (χ3v) is 5.16. The fourth-order valence-corrected chi connectivity index (χ4v) is 3.49. The van der Waals surface area contributed by atoms with E-state index in [9.17, 15) is 9.59 Å². The van der Waals surface area contributed by atoms with Crippen LogP contribution in [0, 0.1) is 0 Å². The Morgan fingerprint density at radius 2 is 1.79 bits per heavy atom. The highest BCUT2D eigenvalue weighted by Crippen LogP contribution is 2.26. The van der Waals surface area contributed by atoms with E-state index in [2.05, 4.69) is 10.3 Å². The zero-order chi connectivity index (χ0) is 20.1. The second-order valence-electron chi connectivity index (χ2n) is 6.20. The molecule has 7 heteroatoms. The van der Waals surface area contributed by atoms with Gasteiger partial charge in [0.25, 0.3) is 11.8 Å². The molecule has 0 unspecified atom stereocenters. The number of rotatable bonds is 6. The Labute approximate surface area is 167 Å². The Balaban J connectivity index is 1.68. The topological polar surface area (TPSA) is 71.5 Å². The zero-order valence-electron chi connectivity index (χ0n) is 15.9. The maximum Gasteiger partial charge on any atom is 0.273 e. The number of hydrogen-bond acceptors (Lipinski definition) is 5. The van der Waals surface area contributed by atoms with Crippen molar-refractivity contribution >= 4 is 23.2 Å². The summed E-state index contributed by atoms with van der Waals surface area (Å²) in [5.41, 5.74) is 2.88. The molecule has 0 bridgehead atoms. The highest BCUT2D eigenvalue weighted by atomic mass is 32.1. The van der Waals surface area contributed by atoms with Crippen molar-refractivity contribution in [3.8, 4) is 16.3 Å². The molecule has 2 amide bonds. The predicted molar refractivity (Wildman–Crippen MR) is 110 cm³/mol. The minimum absolute atomic E-state index is 0.135. The number of nitrogens with zero attached hydrogens (tertiary/aromatic N) is 2. The monoisotopic (exact) mass is 395 g/mol. The van der Waals surface area contributed by atoms with Crippen molar-refractivity contribution in [2.75, 3.05) is 21.2 Å². The summed E-state index contributed by atoms with van der Waals surface area (Å²) in [6, 6.07) is 14.8. The Kier molecular flexibility index (Phi) is 6.06. The average Bonchev–Trinajstić information content (AvgIpc) is 3.23. The molecule has 0 aliphatic rings. The first-order chi connectivity index (χ1) is 13.5. The number of thiazole rings is 1. The van der Waals surface area contributed by atoms with Gasteiger partial charge in [-0.05, 0) is 42.0 Å². The Bertz CT molecular complexity index is 965. The lowest BCUT2D eigenvalue weighted by Crippen LogP contribution is -2.26. The van der Waals surface area contributed by atoms with Gasteiger partial charge in [-0.1, -0.05) is 12.1 Å². The van der Waals surface area contributed by atoms with Gasteiger partial charge in [-0.15, -0.1) is 11.3 Å². The molecule has 144 valence electrons. The van der Waals surface area contributed by atoms with Gasteiger partial charge in [0, 0.05) is 37.1 Å². The van der Waals surface area contributed by atoms with Crippen molar-refractivity contribution in [1.82, 2.24) is 15.2 Å². The van der Waals surface area contributed by atoms with Crippen molar-refractivity contribution in [2.45, 2.75) is 6.54 Å². The van der Waals surface area contributed by atoms with Crippen LogP contribution >= 0.6 is 11.3 Å². The lowest BCUT2D eigenvalue weighted by atomic mass is 10.1. The maximum atomic E-state index is 12.7. The van der Waals surface area contributed by atoms with Crippen molar-refractivity contribution in [2.24, 2.45) is 0 Å². The molecule has 28 heavy (non-hydrogen) atoms. The first-order valence-electron chi connectivity index (χ1n) is 8.68. The fraction of sp³-hybridized carbons (Fsp3) is 0.190. The van der Waals surface area contributed by atoms with Crippen LogP contribution in [0.2, 0.25) is 0 Å². The molecular weight excluding hydrogens is 374 g/mol. The number of aromatic nitrogens is 1. The largest absolute Gasteiger partial charge is 0.497 e. The summed E-state index contributed by atoms with van der Waals surface area (Å²) in [5, 5.41) is 5.14. The van der Waals surface area contributed by atoms with E-state index in [-0.39, 0.29) is 11.8 Å². The van der Waals surface area contributed by atoms with Crippen molar-refractivity contribution in [3.63, 3.8) is 0 Å². The molecule has 0 radical (unpaired) electrons. The van der Waals surface area contributed by atoms with Crippen LogP contribution < -0.4 is 10.1 Å². The molecule has 0 saturated carbocycles. The summed E-state index contributed by atoms with van der Waals surface area (Å²) in [6.07, 6.45) is 0. The Morgan fingerprint density at radius 1 is 1.11 bits per heavy atom. The van der Waals surface area contributed by atoms with Crippen LogP contribution in [0.5, 0.6) is 5.75 Å². The Morgan fingerprint density at radius 3 is 2.39 bits per heavy atom. The third-order valence-electron chi connectivity index (χ3n) is 4.27. The van der Waals surface area contributed by atoms with Crippen LogP contribution in [0.25, 0.3) is 10.6 Å². The standard InChI is InChI=1S/C21H21N3O3S/c1-22-19(25)15-6-4-14(5-7-15)12-24(2)21(26)18-13-28-20(23-18)16-8-10-17(27-3)11-9-16/h4-11,13H,12H2,1-3H3,(H,22,25). The minimum atomic E-state index is -0.147. The second kappa shape index (κ2) is 8.67. The lowest BCUT2D eigenvalue weighted by Gasteiger charge is -2.16. The van der Waals surface area contributed by atoms with Crippen LogP contribution in [0.4, 0.5) is 0 Å². The van der Waals surface area contributed by atoms with Gasteiger partial charge in [0.05, 0.1) is 7.11 Å². The molecule has 0 fully saturated rings. The summed E-state index contributed by atoms with van der Waals surface area (Å²) >= 11 is 1.43. The molecule has 0 atom stereocenters. The smallest absolute Gasteiger partial charge is 0.273 e. The molecule has 3 aromatic rings. The summed E-state index contributed by atoms with van der Waals surface area (Å²) < 4.78 is 5.16. The first-order valence-corrected chi connectivity index (χ1v) is 9.56. The van der Waals surface area contributed by atoms with Crippen LogP contribution in [-0.4, -0.2) is 42.9 Å². The molecule has 0 aliphatic carbocycles. The van der Waals surface area contributed by atoms with E-state index in [1.54, 1.807) is 43.6 Å². The number of nitrogens with one attached hydrogen (secondary N) is 1. The highest BCUT2D eigenvalue weighted by molar-refractivity contribution is 7.13. The summed E-state index contributed by atoms with van der Waals surface area (Å²) in [5.74, 6) is 0.495. The van der Waals surface area contributed by atoms with Crippen molar-refractivity contribution in [3.05, 3.63) is 70.7 Å². The summed E-state index contributed by atoms with van der Waals surface area (Å²) in [7, 11) is 4.95. The fourth-order valence-electron chi connectivity index (χ4n) is 2.69. The van der Waals surface area contributed by atoms with E-state index in [0.29, 0.717) is 17.8 Å². The number of amides is 2. The van der Waals surface area contributed by atoms with E-state index in [0.717, 1.165) is 21.9 Å². The van der Waals surface area contributed by atoms with Gasteiger partial charge in [-0.3, -0.25) is 9.59 Å². The van der Waals surface area contributed by atoms with E-state index >= 15 is 0 Å². The molecule has 1 aromatic heterocycles. The molecule has 2 aromatic carbocycles. The molecule has 0 spiro atoms. The van der Waals surface area contributed by atoms with E-state index in [1.165, 1.54) is 11.3 Å². The normalized spacial score (nSPS) is 10.4. The number of methoxy groups -OCH3 is 1. The SMILES string of the molecule is CNC(=O)c1ccc(CN(C)C(=O)c2csc(-c3ccc(OC)cc3)n2)cc1. The lowest BCUT2D eigenvalue weighted by molar-refractivity contribution is 0.0779. The predicted octanol–water partition coefficient (Wildman–Crippen LogP) is 3.45. The summed E-state index contributed by atoms with van der Waals surface area (Å²) in [4.78, 5) is 30.4. The van der Waals surface area contributed by atoms with Gasteiger partial charge in [0.15, 0.2) is 0 Å². The molecular formula is C21H21N3O3S. The Hall–Kier alpha value is -3.19. The molecule has 1 heterocycles. The average molecular weight is 395 g/mol. The van der Waals surface area contributed by atoms with Crippen LogP contribution in [0.3, 0.4) is 0 Å². The number of carbonyl (C=O) groups excluding carboxylic acids is 2. The molecule has 1 N–H and O–H groups in total. The van der Waals surface area contributed by atoms with E-state index < -0.39 is 0 Å². The number of benzene rings is 2. The van der Waals surface area contributed by atoms with Crippen LogP contribution in [0.15, 0.2) is 53.9 Å². The number of carbonyl (C=O) groups is 2. The van der Waals surface area contributed by atoms with E-state index in [1.807, 2.05) is 36.4 Å². The highest BCUT2D eigenvalue weighted by Gasteiger charge is 2.16. The summed E-state index contributed by atoms with van der Waals surface area (Å²) in [6.45, 7) is 0.433. The molecule has 0 aliphatic heterocycles.